The summed E-state index contributed by atoms with van der Waals surface area (Å²) in [7, 11) is 0. The number of urea groups is 1. The predicted molar refractivity (Wildman–Crippen MR) is 96.8 cm³/mol. The average Bonchev–Trinajstić information content (AvgIpc) is 2.68. The molecule has 1 atom stereocenters. The zero-order chi connectivity index (χ0) is 20.1. The number of benzene rings is 2. The van der Waals surface area contributed by atoms with Crippen LogP contribution in [0.2, 0.25) is 0 Å². The zero-order valence-electron chi connectivity index (χ0n) is 14.4. The number of carbonyl (C=O) groups is 1. The smallest absolute Gasteiger partial charge is 0.387 e. The third kappa shape index (κ3) is 4.49. The first-order valence-corrected chi connectivity index (χ1v) is 8.25. The van der Waals surface area contributed by atoms with E-state index in [4.69, 9.17) is 0 Å². The van der Waals surface area contributed by atoms with Crippen molar-refractivity contribution in [2.45, 2.75) is 12.7 Å². The van der Waals surface area contributed by atoms with Crippen molar-refractivity contribution in [3.05, 3.63) is 66.1 Å². The van der Waals surface area contributed by atoms with Gasteiger partial charge in [0, 0.05) is 23.7 Å². The van der Waals surface area contributed by atoms with Crippen LogP contribution in [0.4, 0.5) is 23.7 Å². The first-order valence-electron chi connectivity index (χ1n) is 8.25. The van der Waals surface area contributed by atoms with Gasteiger partial charge in [0.1, 0.15) is 11.3 Å². The summed E-state index contributed by atoms with van der Waals surface area (Å²) in [6, 6.07) is 10.9. The molecule has 0 spiro atoms. The molecule has 0 saturated carbocycles. The molecule has 1 aromatic heterocycles. The van der Waals surface area contributed by atoms with Crippen LogP contribution in [0.3, 0.4) is 0 Å². The molecule has 0 bridgehead atoms. The minimum Gasteiger partial charge on any atom is -0.432 e. The van der Waals surface area contributed by atoms with Crippen LogP contribution in [0.25, 0.3) is 10.9 Å². The van der Waals surface area contributed by atoms with Gasteiger partial charge in [-0.05, 0) is 30.3 Å². The van der Waals surface area contributed by atoms with Crippen LogP contribution >= 0.6 is 0 Å². The minimum absolute atomic E-state index is 0.0611. The molecule has 2 aromatic carbocycles. The Morgan fingerprint density at radius 3 is 2.68 bits per heavy atom. The summed E-state index contributed by atoms with van der Waals surface area (Å²) in [5.41, 5.74) is 0.528. The van der Waals surface area contributed by atoms with E-state index in [9.17, 15) is 23.1 Å². The molecular formula is C19H16F3N3O3. The topological polar surface area (TPSA) is 83.5 Å². The molecule has 9 heteroatoms. The number of hydrogen-bond acceptors (Lipinski definition) is 4. The number of ether oxygens (including phenoxy) is 1. The summed E-state index contributed by atoms with van der Waals surface area (Å²) < 4.78 is 43.1. The largest absolute Gasteiger partial charge is 0.432 e. The Labute approximate surface area is 158 Å². The molecule has 0 fully saturated rings. The third-order valence-corrected chi connectivity index (χ3v) is 3.92. The molecular weight excluding hydrogens is 375 g/mol. The van der Waals surface area contributed by atoms with Crippen molar-refractivity contribution in [1.82, 2.24) is 10.3 Å². The molecule has 28 heavy (non-hydrogen) atoms. The first-order chi connectivity index (χ1) is 13.5. The number of aromatic nitrogens is 1. The molecule has 3 N–H and O–H groups in total. The Morgan fingerprint density at radius 1 is 1.14 bits per heavy atom. The number of aliphatic hydroxyl groups excluding tert-OH is 1. The fourth-order valence-corrected chi connectivity index (χ4v) is 2.66. The fraction of sp³-hybridized carbons (Fsp3) is 0.158. The van der Waals surface area contributed by atoms with Gasteiger partial charge in [0.2, 0.25) is 0 Å². The molecule has 1 unspecified atom stereocenters. The Balaban J connectivity index is 1.70. The van der Waals surface area contributed by atoms with E-state index >= 15 is 0 Å². The molecule has 6 nitrogen and oxygen atoms in total. The van der Waals surface area contributed by atoms with E-state index in [1.165, 1.54) is 36.5 Å². The van der Waals surface area contributed by atoms with Gasteiger partial charge in [-0.3, -0.25) is 4.98 Å². The van der Waals surface area contributed by atoms with Crippen molar-refractivity contribution in [2.24, 2.45) is 0 Å². The van der Waals surface area contributed by atoms with E-state index in [0.29, 0.717) is 11.1 Å². The maximum atomic E-state index is 13.7. The van der Waals surface area contributed by atoms with Crippen LogP contribution in [0.15, 0.2) is 54.7 Å². The second-order valence-electron chi connectivity index (χ2n) is 5.76. The van der Waals surface area contributed by atoms with Crippen molar-refractivity contribution in [1.29, 1.82) is 0 Å². The van der Waals surface area contributed by atoms with E-state index in [-0.39, 0.29) is 23.4 Å². The summed E-state index contributed by atoms with van der Waals surface area (Å²) in [5, 5.41) is 15.4. The third-order valence-electron chi connectivity index (χ3n) is 3.92. The zero-order valence-corrected chi connectivity index (χ0v) is 14.4. The van der Waals surface area contributed by atoms with Gasteiger partial charge < -0.3 is 20.5 Å². The number of carbonyl (C=O) groups excluding carboxylic acids is 1. The van der Waals surface area contributed by atoms with Gasteiger partial charge in [-0.25, -0.2) is 9.18 Å². The number of alkyl halides is 2. The van der Waals surface area contributed by atoms with Gasteiger partial charge in [0.25, 0.3) is 0 Å². The van der Waals surface area contributed by atoms with Gasteiger partial charge in [0.05, 0.1) is 11.8 Å². The lowest BCUT2D eigenvalue weighted by molar-refractivity contribution is -0.0489. The Bertz CT molecular complexity index is 985. The molecule has 0 radical (unpaired) electrons. The average molecular weight is 391 g/mol. The highest BCUT2D eigenvalue weighted by molar-refractivity contribution is 6.02. The van der Waals surface area contributed by atoms with E-state index < -0.39 is 24.6 Å². The molecule has 3 rings (SSSR count). The van der Waals surface area contributed by atoms with Crippen LogP contribution in [-0.2, 0) is 0 Å². The molecule has 146 valence electrons. The van der Waals surface area contributed by atoms with Crippen LogP contribution in [0, 0.1) is 5.82 Å². The summed E-state index contributed by atoms with van der Waals surface area (Å²) in [6.07, 6.45) is 0.183. The number of amides is 2. The van der Waals surface area contributed by atoms with Crippen molar-refractivity contribution >= 4 is 22.6 Å². The molecule has 0 aliphatic rings. The quantitative estimate of drug-likeness (QED) is 0.596. The van der Waals surface area contributed by atoms with E-state index in [1.54, 1.807) is 18.2 Å². The van der Waals surface area contributed by atoms with Gasteiger partial charge in [-0.15, -0.1) is 0 Å². The van der Waals surface area contributed by atoms with Crippen LogP contribution in [0.1, 0.15) is 11.7 Å². The molecule has 3 aromatic rings. The summed E-state index contributed by atoms with van der Waals surface area (Å²) >= 11 is 0. The number of nitrogens with one attached hydrogen (secondary N) is 2. The number of hydrogen-bond donors (Lipinski definition) is 3. The van der Waals surface area contributed by atoms with E-state index in [0.717, 1.165) is 0 Å². The van der Waals surface area contributed by atoms with Crippen LogP contribution in [-0.4, -0.2) is 29.3 Å². The second kappa shape index (κ2) is 8.57. The Kier molecular flexibility index (Phi) is 5.95. The summed E-state index contributed by atoms with van der Waals surface area (Å²) in [4.78, 5) is 16.2. The molecule has 2 amide bonds. The predicted octanol–water partition coefficient (Wildman–Crippen LogP) is 3.83. The number of anilines is 1. The van der Waals surface area contributed by atoms with Gasteiger partial charge in [-0.2, -0.15) is 8.78 Å². The Hall–Kier alpha value is -3.33. The summed E-state index contributed by atoms with van der Waals surface area (Å²) in [5.74, 6) is -0.699. The highest BCUT2D eigenvalue weighted by atomic mass is 19.3. The second-order valence-corrected chi connectivity index (χ2v) is 5.76. The van der Waals surface area contributed by atoms with Gasteiger partial charge in [-0.1, -0.05) is 18.2 Å². The van der Waals surface area contributed by atoms with E-state index in [2.05, 4.69) is 20.4 Å². The normalized spacial score (nSPS) is 12.0. The minimum atomic E-state index is -3.01. The number of pyridine rings is 1. The standard InChI is InChI=1S/C19H16F3N3O3/c20-13-6-2-1-4-11(13)15(26)10-24-19(27)25-14-7-8-16(28-18(21)22)17-12(14)5-3-9-23-17/h1-9,15,18,26H,10H2,(H2,24,25,27). The fourth-order valence-electron chi connectivity index (χ4n) is 2.66. The number of nitrogens with zero attached hydrogens (tertiary/aromatic N) is 1. The lowest BCUT2D eigenvalue weighted by Gasteiger charge is -2.15. The highest BCUT2D eigenvalue weighted by Crippen LogP contribution is 2.30. The van der Waals surface area contributed by atoms with Gasteiger partial charge in [0.15, 0.2) is 5.75 Å². The number of rotatable bonds is 6. The SMILES string of the molecule is O=C(NCC(O)c1ccccc1F)Nc1ccc(OC(F)F)c2ncccc12. The van der Waals surface area contributed by atoms with Crippen LogP contribution in [0.5, 0.6) is 5.75 Å². The lowest BCUT2D eigenvalue weighted by atomic mass is 10.1. The van der Waals surface area contributed by atoms with Crippen molar-refractivity contribution in [3.63, 3.8) is 0 Å². The van der Waals surface area contributed by atoms with Crippen molar-refractivity contribution in [2.75, 3.05) is 11.9 Å². The molecule has 0 aliphatic heterocycles. The summed E-state index contributed by atoms with van der Waals surface area (Å²) in [6.45, 7) is -3.23. The van der Waals surface area contributed by atoms with E-state index in [1.807, 2.05) is 0 Å². The molecule has 0 aliphatic carbocycles. The number of halogens is 3. The highest BCUT2D eigenvalue weighted by Gasteiger charge is 2.15. The molecule has 0 saturated heterocycles. The lowest BCUT2D eigenvalue weighted by Crippen LogP contribution is -2.32. The first kappa shape index (κ1) is 19.4. The maximum Gasteiger partial charge on any atom is 0.387 e. The van der Waals surface area contributed by atoms with Crippen LogP contribution < -0.4 is 15.4 Å². The monoisotopic (exact) mass is 391 g/mol. The maximum absolute atomic E-state index is 13.7. The van der Waals surface area contributed by atoms with Crippen molar-refractivity contribution < 1.29 is 27.8 Å². The van der Waals surface area contributed by atoms with Crippen molar-refractivity contribution in [3.8, 4) is 5.75 Å². The number of fused-ring (bicyclic) bond motifs is 1. The molecule has 1 heterocycles. The number of aliphatic hydroxyl groups is 1. The van der Waals surface area contributed by atoms with Gasteiger partial charge >= 0.3 is 12.6 Å². The Morgan fingerprint density at radius 2 is 1.93 bits per heavy atom.